The molecule has 1 aromatic carbocycles. The van der Waals surface area contributed by atoms with Crippen molar-refractivity contribution in [2.24, 2.45) is 0 Å². The first-order chi connectivity index (χ1) is 7.17. The van der Waals surface area contributed by atoms with E-state index in [0.29, 0.717) is 13.0 Å². The number of methoxy groups -OCH3 is 1. The van der Waals surface area contributed by atoms with Crippen molar-refractivity contribution in [1.82, 2.24) is 5.32 Å². The third kappa shape index (κ3) is 3.23. The Bertz CT molecular complexity index is 352. The lowest BCUT2D eigenvalue weighted by Crippen LogP contribution is -2.21. The topological polar surface area (TPSA) is 38.3 Å². The summed E-state index contributed by atoms with van der Waals surface area (Å²) in [5, 5.41) is 2.67. The van der Waals surface area contributed by atoms with Gasteiger partial charge in [0.2, 0.25) is 5.91 Å². The Labute approximate surface area is 88.2 Å². The molecule has 0 aliphatic heterocycles. The maximum Gasteiger partial charge on any atom is 0.219 e. The molecule has 4 heteroatoms. The van der Waals surface area contributed by atoms with Gasteiger partial charge in [-0.15, -0.1) is 0 Å². The van der Waals surface area contributed by atoms with E-state index in [-0.39, 0.29) is 11.7 Å². The van der Waals surface area contributed by atoms with Gasteiger partial charge >= 0.3 is 0 Å². The molecule has 0 radical (unpaired) electrons. The van der Waals surface area contributed by atoms with Gasteiger partial charge in [0.05, 0.1) is 7.11 Å². The zero-order valence-corrected chi connectivity index (χ0v) is 8.84. The summed E-state index contributed by atoms with van der Waals surface area (Å²) in [6.45, 7) is 2.11. The Morgan fingerprint density at radius 3 is 2.80 bits per heavy atom. The van der Waals surface area contributed by atoms with E-state index in [9.17, 15) is 9.18 Å². The summed E-state index contributed by atoms with van der Waals surface area (Å²) >= 11 is 0. The third-order valence-electron chi connectivity index (χ3n) is 2.03. The molecule has 0 atom stereocenters. The molecule has 0 unspecified atom stereocenters. The van der Waals surface area contributed by atoms with Gasteiger partial charge in [-0.1, -0.05) is 13.0 Å². The van der Waals surface area contributed by atoms with Gasteiger partial charge in [0.15, 0.2) is 11.6 Å². The molecule has 1 amide bonds. The maximum atomic E-state index is 13.2. The second kappa shape index (κ2) is 5.34. The van der Waals surface area contributed by atoms with Crippen LogP contribution in [0.15, 0.2) is 18.2 Å². The lowest BCUT2D eigenvalue weighted by molar-refractivity contribution is -0.120. The molecule has 0 heterocycles. The third-order valence-corrected chi connectivity index (χ3v) is 2.03. The zero-order chi connectivity index (χ0) is 11.3. The minimum atomic E-state index is -0.416. The molecular formula is C11H14FNO2. The van der Waals surface area contributed by atoms with E-state index in [0.717, 1.165) is 5.56 Å². The number of rotatable bonds is 4. The molecular weight excluding hydrogens is 197 g/mol. The Balaban J connectivity index is 2.63. The normalized spacial score (nSPS) is 9.80. The van der Waals surface area contributed by atoms with Crippen molar-refractivity contribution in [3.8, 4) is 5.75 Å². The van der Waals surface area contributed by atoms with E-state index >= 15 is 0 Å². The van der Waals surface area contributed by atoms with Crippen LogP contribution in [0.5, 0.6) is 5.75 Å². The molecule has 0 aliphatic rings. The smallest absolute Gasteiger partial charge is 0.219 e. The van der Waals surface area contributed by atoms with Crippen molar-refractivity contribution in [2.45, 2.75) is 19.9 Å². The molecule has 0 aromatic heterocycles. The number of carbonyl (C=O) groups is 1. The number of benzene rings is 1. The summed E-state index contributed by atoms with van der Waals surface area (Å²) < 4.78 is 18.0. The standard InChI is InChI=1S/C11H14FNO2/c1-3-11(14)13-7-8-4-5-10(15-2)9(12)6-8/h4-6H,3,7H2,1-2H3,(H,13,14). The first-order valence-corrected chi connectivity index (χ1v) is 4.76. The van der Waals surface area contributed by atoms with E-state index in [1.54, 1.807) is 19.1 Å². The van der Waals surface area contributed by atoms with Crippen LogP contribution in [0.4, 0.5) is 4.39 Å². The first kappa shape index (κ1) is 11.5. The summed E-state index contributed by atoms with van der Waals surface area (Å²) in [7, 11) is 1.41. The van der Waals surface area contributed by atoms with Crippen molar-refractivity contribution in [2.75, 3.05) is 7.11 Å². The van der Waals surface area contributed by atoms with Crippen LogP contribution in [-0.2, 0) is 11.3 Å². The van der Waals surface area contributed by atoms with Gasteiger partial charge in [-0.3, -0.25) is 4.79 Å². The monoisotopic (exact) mass is 211 g/mol. The number of hydrogen-bond acceptors (Lipinski definition) is 2. The second-order valence-corrected chi connectivity index (χ2v) is 3.10. The van der Waals surface area contributed by atoms with E-state index in [1.807, 2.05) is 0 Å². The molecule has 0 spiro atoms. The number of nitrogens with one attached hydrogen (secondary N) is 1. The number of ether oxygens (including phenoxy) is 1. The fourth-order valence-corrected chi connectivity index (χ4v) is 1.15. The van der Waals surface area contributed by atoms with Crippen LogP contribution in [0, 0.1) is 5.82 Å². The summed E-state index contributed by atoms with van der Waals surface area (Å²) in [5.74, 6) is -0.257. The molecule has 1 N–H and O–H groups in total. The highest BCUT2D eigenvalue weighted by Gasteiger charge is 2.04. The molecule has 3 nitrogen and oxygen atoms in total. The first-order valence-electron chi connectivity index (χ1n) is 4.76. The van der Waals surface area contributed by atoms with Crippen molar-refractivity contribution in [1.29, 1.82) is 0 Å². The van der Waals surface area contributed by atoms with Crippen LogP contribution < -0.4 is 10.1 Å². The van der Waals surface area contributed by atoms with Gasteiger partial charge in [-0.2, -0.15) is 0 Å². The highest BCUT2D eigenvalue weighted by atomic mass is 19.1. The lowest BCUT2D eigenvalue weighted by atomic mass is 10.2. The summed E-state index contributed by atoms with van der Waals surface area (Å²) in [5.41, 5.74) is 0.718. The molecule has 0 bridgehead atoms. The minimum absolute atomic E-state index is 0.0498. The van der Waals surface area contributed by atoms with Crippen molar-refractivity contribution < 1.29 is 13.9 Å². The molecule has 1 rings (SSSR count). The van der Waals surface area contributed by atoms with Crippen LogP contribution in [0.25, 0.3) is 0 Å². The second-order valence-electron chi connectivity index (χ2n) is 3.10. The Kier molecular flexibility index (Phi) is 4.09. The minimum Gasteiger partial charge on any atom is -0.494 e. The quantitative estimate of drug-likeness (QED) is 0.825. The number of hydrogen-bond donors (Lipinski definition) is 1. The maximum absolute atomic E-state index is 13.2. The van der Waals surface area contributed by atoms with Gasteiger partial charge in [0.25, 0.3) is 0 Å². The Hall–Kier alpha value is -1.58. The molecule has 82 valence electrons. The van der Waals surface area contributed by atoms with Crippen molar-refractivity contribution in [3.63, 3.8) is 0 Å². The van der Waals surface area contributed by atoms with E-state index in [1.165, 1.54) is 13.2 Å². The van der Waals surface area contributed by atoms with Gasteiger partial charge in [0.1, 0.15) is 0 Å². The van der Waals surface area contributed by atoms with Crippen molar-refractivity contribution >= 4 is 5.91 Å². The van der Waals surface area contributed by atoms with Gasteiger partial charge in [0, 0.05) is 13.0 Å². The number of halogens is 1. The zero-order valence-electron chi connectivity index (χ0n) is 8.84. The molecule has 0 saturated carbocycles. The highest BCUT2D eigenvalue weighted by molar-refractivity contribution is 5.75. The van der Waals surface area contributed by atoms with E-state index in [2.05, 4.69) is 5.32 Å². The fraction of sp³-hybridized carbons (Fsp3) is 0.364. The average Bonchev–Trinajstić information content (AvgIpc) is 2.26. The van der Waals surface area contributed by atoms with Crippen LogP contribution in [0.3, 0.4) is 0 Å². The molecule has 0 aliphatic carbocycles. The van der Waals surface area contributed by atoms with Crippen LogP contribution in [0.2, 0.25) is 0 Å². The molecule has 0 saturated heterocycles. The van der Waals surface area contributed by atoms with Crippen LogP contribution in [-0.4, -0.2) is 13.0 Å². The fourth-order valence-electron chi connectivity index (χ4n) is 1.15. The molecule has 15 heavy (non-hydrogen) atoms. The number of carbonyl (C=O) groups excluding carboxylic acids is 1. The van der Waals surface area contributed by atoms with Crippen LogP contribution in [0.1, 0.15) is 18.9 Å². The number of amides is 1. The average molecular weight is 211 g/mol. The Morgan fingerprint density at radius 2 is 2.27 bits per heavy atom. The van der Waals surface area contributed by atoms with Gasteiger partial charge in [-0.25, -0.2) is 4.39 Å². The SMILES string of the molecule is CCC(=O)NCc1ccc(OC)c(F)c1. The predicted octanol–water partition coefficient (Wildman–Crippen LogP) is 1.86. The largest absolute Gasteiger partial charge is 0.494 e. The van der Waals surface area contributed by atoms with Crippen LogP contribution >= 0.6 is 0 Å². The van der Waals surface area contributed by atoms with Crippen molar-refractivity contribution in [3.05, 3.63) is 29.6 Å². The lowest BCUT2D eigenvalue weighted by Gasteiger charge is -2.06. The van der Waals surface area contributed by atoms with E-state index in [4.69, 9.17) is 4.74 Å². The molecule has 0 fully saturated rings. The van der Waals surface area contributed by atoms with Gasteiger partial charge in [-0.05, 0) is 17.7 Å². The predicted molar refractivity (Wildman–Crippen MR) is 55.1 cm³/mol. The van der Waals surface area contributed by atoms with Gasteiger partial charge < -0.3 is 10.1 Å². The van der Waals surface area contributed by atoms with E-state index < -0.39 is 5.82 Å². The summed E-state index contributed by atoms with van der Waals surface area (Å²) in [6, 6.07) is 4.62. The summed E-state index contributed by atoms with van der Waals surface area (Å²) in [4.78, 5) is 11.0. The Morgan fingerprint density at radius 1 is 1.53 bits per heavy atom. The highest BCUT2D eigenvalue weighted by Crippen LogP contribution is 2.17. The summed E-state index contributed by atoms with van der Waals surface area (Å²) in [6.07, 6.45) is 0.429. The molecule has 1 aromatic rings.